The fourth-order valence-corrected chi connectivity index (χ4v) is 3.22. The SMILES string of the molecule is O=C(c1cnn(-c2ccc(Cl)cc2)c1)N1CCC(n2cncn2)CC1. The van der Waals surface area contributed by atoms with Crippen LogP contribution in [0, 0.1) is 0 Å². The van der Waals surface area contributed by atoms with Gasteiger partial charge >= 0.3 is 0 Å². The molecule has 0 unspecified atom stereocenters. The molecule has 0 atom stereocenters. The van der Waals surface area contributed by atoms with Gasteiger partial charge in [0.15, 0.2) is 0 Å². The van der Waals surface area contributed by atoms with Crippen LogP contribution in [0.15, 0.2) is 49.3 Å². The van der Waals surface area contributed by atoms with E-state index in [1.807, 2.05) is 21.7 Å². The number of carbonyl (C=O) groups excluding carboxylic acids is 1. The lowest BCUT2D eigenvalue weighted by Crippen LogP contribution is -2.39. The first kappa shape index (κ1) is 15.8. The smallest absolute Gasteiger partial charge is 0.257 e. The lowest BCUT2D eigenvalue weighted by Gasteiger charge is -2.31. The van der Waals surface area contributed by atoms with Crippen molar-refractivity contribution >= 4 is 17.5 Å². The topological polar surface area (TPSA) is 68.8 Å². The third-order valence-corrected chi connectivity index (χ3v) is 4.74. The molecule has 0 aliphatic carbocycles. The number of amides is 1. The minimum Gasteiger partial charge on any atom is -0.338 e. The highest BCUT2D eigenvalue weighted by atomic mass is 35.5. The quantitative estimate of drug-likeness (QED) is 0.723. The fraction of sp³-hybridized carbons (Fsp3) is 0.294. The van der Waals surface area contributed by atoms with Crippen LogP contribution in [0.3, 0.4) is 0 Å². The van der Waals surface area contributed by atoms with Gasteiger partial charge in [0.2, 0.25) is 0 Å². The highest BCUT2D eigenvalue weighted by molar-refractivity contribution is 6.30. The van der Waals surface area contributed by atoms with E-state index in [0.717, 1.165) is 18.5 Å². The van der Waals surface area contributed by atoms with E-state index in [9.17, 15) is 4.79 Å². The van der Waals surface area contributed by atoms with Crippen LogP contribution in [0.5, 0.6) is 0 Å². The van der Waals surface area contributed by atoms with Gasteiger partial charge in [0.05, 0.1) is 23.5 Å². The summed E-state index contributed by atoms with van der Waals surface area (Å²) in [6.45, 7) is 1.41. The number of rotatable bonds is 3. The van der Waals surface area contributed by atoms with Crippen LogP contribution >= 0.6 is 11.6 Å². The Bertz CT molecular complexity index is 850. The summed E-state index contributed by atoms with van der Waals surface area (Å²) in [7, 11) is 0. The summed E-state index contributed by atoms with van der Waals surface area (Å²) in [6.07, 6.45) is 8.40. The van der Waals surface area contributed by atoms with Crippen LogP contribution in [0.2, 0.25) is 5.02 Å². The van der Waals surface area contributed by atoms with Crippen molar-refractivity contribution in [2.45, 2.75) is 18.9 Å². The van der Waals surface area contributed by atoms with Crippen molar-refractivity contribution in [3.63, 3.8) is 0 Å². The van der Waals surface area contributed by atoms with E-state index in [0.29, 0.717) is 29.7 Å². The maximum absolute atomic E-state index is 12.7. The Morgan fingerprint density at radius 2 is 1.88 bits per heavy atom. The molecule has 1 aromatic carbocycles. The zero-order chi connectivity index (χ0) is 17.2. The molecule has 2 aromatic heterocycles. The van der Waals surface area contributed by atoms with Crippen LogP contribution < -0.4 is 0 Å². The Morgan fingerprint density at radius 3 is 2.56 bits per heavy atom. The second-order valence-electron chi connectivity index (χ2n) is 6.05. The number of likely N-dealkylation sites (tertiary alicyclic amines) is 1. The van der Waals surface area contributed by atoms with Crippen LogP contribution in [-0.2, 0) is 0 Å². The molecular formula is C17H17ClN6O. The van der Waals surface area contributed by atoms with E-state index >= 15 is 0 Å². The van der Waals surface area contributed by atoms with Crippen molar-refractivity contribution in [1.82, 2.24) is 29.4 Å². The first-order chi connectivity index (χ1) is 12.2. The number of hydrogen-bond donors (Lipinski definition) is 0. The van der Waals surface area contributed by atoms with Gasteiger partial charge < -0.3 is 4.90 Å². The molecule has 3 aromatic rings. The van der Waals surface area contributed by atoms with Crippen LogP contribution in [0.1, 0.15) is 29.2 Å². The van der Waals surface area contributed by atoms with Crippen LogP contribution in [-0.4, -0.2) is 48.4 Å². The highest BCUT2D eigenvalue weighted by Gasteiger charge is 2.25. The van der Waals surface area contributed by atoms with Gasteiger partial charge in [-0.25, -0.2) is 14.3 Å². The number of hydrogen-bond acceptors (Lipinski definition) is 4. The molecule has 7 nitrogen and oxygen atoms in total. The molecule has 0 N–H and O–H groups in total. The van der Waals surface area contributed by atoms with Crippen molar-refractivity contribution in [2.24, 2.45) is 0 Å². The first-order valence-corrected chi connectivity index (χ1v) is 8.52. The maximum Gasteiger partial charge on any atom is 0.257 e. The molecule has 1 aliphatic heterocycles. The van der Waals surface area contributed by atoms with Gasteiger partial charge in [-0.2, -0.15) is 10.2 Å². The van der Waals surface area contributed by atoms with Crippen molar-refractivity contribution in [2.75, 3.05) is 13.1 Å². The second-order valence-corrected chi connectivity index (χ2v) is 6.49. The Hall–Kier alpha value is -2.67. The number of piperidine rings is 1. The third-order valence-electron chi connectivity index (χ3n) is 4.48. The lowest BCUT2D eigenvalue weighted by molar-refractivity contribution is 0.0690. The van der Waals surface area contributed by atoms with Crippen molar-refractivity contribution in [1.29, 1.82) is 0 Å². The molecule has 128 valence electrons. The summed E-state index contributed by atoms with van der Waals surface area (Å²) in [5, 5.41) is 9.15. The molecule has 1 aliphatic rings. The normalized spacial score (nSPS) is 15.5. The van der Waals surface area contributed by atoms with Gasteiger partial charge in [-0.1, -0.05) is 11.6 Å². The Kier molecular flexibility index (Phi) is 4.23. The van der Waals surface area contributed by atoms with Crippen molar-refractivity contribution in [3.05, 3.63) is 59.9 Å². The van der Waals surface area contributed by atoms with E-state index < -0.39 is 0 Å². The molecule has 0 spiro atoms. The summed E-state index contributed by atoms with van der Waals surface area (Å²) in [6, 6.07) is 7.65. The molecule has 3 heterocycles. The minimum atomic E-state index is 0.0113. The summed E-state index contributed by atoms with van der Waals surface area (Å²) in [4.78, 5) is 18.6. The van der Waals surface area contributed by atoms with Crippen molar-refractivity contribution < 1.29 is 4.79 Å². The Morgan fingerprint density at radius 1 is 1.12 bits per heavy atom. The number of nitrogens with zero attached hydrogens (tertiary/aromatic N) is 6. The summed E-state index contributed by atoms with van der Waals surface area (Å²) >= 11 is 5.90. The summed E-state index contributed by atoms with van der Waals surface area (Å²) in [5.74, 6) is 0.0113. The predicted molar refractivity (Wildman–Crippen MR) is 92.8 cm³/mol. The predicted octanol–water partition coefficient (Wildman–Crippen LogP) is 2.59. The number of benzene rings is 1. The average molecular weight is 357 g/mol. The lowest BCUT2D eigenvalue weighted by atomic mass is 10.0. The molecule has 4 rings (SSSR count). The first-order valence-electron chi connectivity index (χ1n) is 8.15. The molecule has 1 fully saturated rings. The summed E-state index contributed by atoms with van der Waals surface area (Å²) in [5.41, 5.74) is 1.46. The standard InChI is InChI=1S/C17H17ClN6O/c18-14-1-3-15(4-2-14)23-10-13(9-20-23)17(25)22-7-5-16(6-8-22)24-12-19-11-21-24/h1-4,9-12,16H,5-8H2. The summed E-state index contributed by atoms with van der Waals surface area (Å²) < 4.78 is 3.56. The average Bonchev–Trinajstić information content (AvgIpc) is 3.34. The van der Waals surface area contributed by atoms with Gasteiger partial charge in [0, 0.05) is 24.3 Å². The third kappa shape index (κ3) is 3.28. The number of aromatic nitrogens is 5. The van der Waals surface area contributed by atoms with Gasteiger partial charge in [-0.15, -0.1) is 0 Å². The van der Waals surface area contributed by atoms with E-state index in [1.165, 1.54) is 0 Å². The molecule has 0 bridgehead atoms. The van der Waals surface area contributed by atoms with Gasteiger partial charge in [-0.05, 0) is 37.1 Å². The Labute approximate surface area is 149 Å². The van der Waals surface area contributed by atoms with Gasteiger partial charge in [0.1, 0.15) is 12.7 Å². The maximum atomic E-state index is 12.7. The van der Waals surface area contributed by atoms with E-state index in [2.05, 4.69) is 15.2 Å². The Balaban J connectivity index is 1.43. The van der Waals surface area contributed by atoms with Gasteiger partial charge in [0.25, 0.3) is 5.91 Å². The highest BCUT2D eigenvalue weighted by Crippen LogP contribution is 2.22. The zero-order valence-electron chi connectivity index (χ0n) is 13.5. The molecule has 1 saturated heterocycles. The van der Waals surface area contributed by atoms with E-state index in [4.69, 9.17) is 11.6 Å². The minimum absolute atomic E-state index is 0.0113. The molecular weight excluding hydrogens is 340 g/mol. The largest absolute Gasteiger partial charge is 0.338 e. The molecule has 0 saturated carbocycles. The van der Waals surface area contributed by atoms with E-state index in [1.54, 1.807) is 41.9 Å². The van der Waals surface area contributed by atoms with Crippen LogP contribution in [0.25, 0.3) is 5.69 Å². The number of halogens is 1. The molecule has 1 amide bonds. The van der Waals surface area contributed by atoms with Gasteiger partial charge in [-0.3, -0.25) is 4.79 Å². The zero-order valence-corrected chi connectivity index (χ0v) is 14.3. The van der Waals surface area contributed by atoms with E-state index in [-0.39, 0.29) is 5.91 Å². The molecule has 8 heteroatoms. The van der Waals surface area contributed by atoms with Crippen molar-refractivity contribution in [3.8, 4) is 5.69 Å². The molecule has 0 radical (unpaired) electrons. The fourth-order valence-electron chi connectivity index (χ4n) is 3.09. The monoisotopic (exact) mass is 356 g/mol. The molecule has 25 heavy (non-hydrogen) atoms. The second kappa shape index (κ2) is 6.68. The number of carbonyl (C=O) groups is 1. The van der Waals surface area contributed by atoms with Crippen LogP contribution in [0.4, 0.5) is 0 Å².